The highest BCUT2D eigenvalue weighted by molar-refractivity contribution is 9.10. The lowest BCUT2D eigenvalue weighted by atomic mass is 10.2. The first-order valence-corrected chi connectivity index (χ1v) is 7.31. The zero-order valence-corrected chi connectivity index (χ0v) is 11.4. The van der Waals surface area contributed by atoms with Crippen LogP contribution in [0.15, 0.2) is 27.6 Å². The molecule has 1 aromatic carbocycles. The molecule has 0 atom stereocenters. The first-order valence-electron chi connectivity index (χ1n) is 4.97. The molecular formula is C10H15BrN2O2S. The van der Waals surface area contributed by atoms with Crippen molar-refractivity contribution in [3.8, 4) is 0 Å². The van der Waals surface area contributed by atoms with Gasteiger partial charge in [-0.2, -0.15) is 0 Å². The minimum atomic E-state index is -3.66. The predicted octanol–water partition coefficient (Wildman–Crippen LogP) is 1.60. The lowest BCUT2D eigenvalue weighted by Gasteiger charge is -2.07. The second-order valence-electron chi connectivity index (χ2n) is 3.49. The zero-order valence-electron chi connectivity index (χ0n) is 9.03. The maximum absolute atomic E-state index is 11.3. The average Bonchev–Trinajstić information content (AvgIpc) is 2.19. The highest BCUT2D eigenvalue weighted by Crippen LogP contribution is 2.21. The summed E-state index contributed by atoms with van der Waals surface area (Å²) in [6.45, 7) is 3.62. The zero-order chi connectivity index (χ0) is 12.2. The van der Waals surface area contributed by atoms with E-state index in [1.54, 1.807) is 12.1 Å². The Hall–Kier alpha value is -0.430. The molecule has 6 heteroatoms. The number of nitrogens with two attached hydrogens (primary N) is 1. The summed E-state index contributed by atoms with van der Waals surface area (Å²) in [6, 6.07) is 5.15. The standard InChI is InChI=1S/C10H15BrN2O2S/c1-2-5-13-7-8-3-4-9(11)10(6-8)16(12,14)15/h3-4,6,13H,2,5,7H2,1H3,(H2,12,14,15). The van der Waals surface area contributed by atoms with E-state index in [1.807, 2.05) is 6.07 Å². The summed E-state index contributed by atoms with van der Waals surface area (Å²) in [4.78, 5) is 0.128. The number of rotatable bonds is 5. The minimum Gasteiger partial charge on any atom is -0.313 e. The van der Waals surface area contributed by atoms with Crippen LogP contribution >= 0.6 is 15.9 Å². The number of benzene rings is 1. The van der Waals surface area contributed by atoms with Gasteiger partial charge in [0, 0.05) is 11.0 Å². The Bertz CT molecular complexity index is 460. The van der Waals surface area contributed by atoms with Gasteiger partial charge in [-0.3, -0.25) is 0 Å². The molecule has 0 heterocycles. The largest absolute Gasteiger partial charge is 0.313 e. The Morgan fingerprint density at radius 2 is 2.12 bits per heavy atom. The van der Waals surface area contributed by atoms with Crippen LogP contribution in [0, 0.1) is 0 Å². The van der Waals surface area contributed by atoms with Gasteiger partial charge in [-0.15, -0.1) is 0 Å². The number of primary sulfonamides is 1. The molecule has 0 aromatic heterocycles. The molecule has 0 saturated carbocycles. The van der Waals surface area contributed by atoms with E-state index in [1.165, 1.54) is 0 Å². The molecule has 16 heavy (non-hydrogen) atoms. The van der Waals surface area contributed by atoms with E-state index in [0.29, 0.717) is 11.0 Å². The lowest BCUT2D eigenvalue weighted by Crippen LogP contribution is -2.16. The van der Waals surface area contributed by atoms with Gasteiger partial charge in [0.1, 0.15) is 0 Å². The van der Waals surface area contributed by atoms with Crippen molar-refractivity contribution in [2.24, 2.45) is 5.14 Å². The fourth-order valence-electron chi connectivity index (χ4n) is 1.29. The number of hydrogen-bond donors (Lipinski definition) is 2. The summed E-state index contributed by atoms with van der Waals surface area (Å²) in [5.74, 6) is 0. The molecular weight excluding hydrogens is 292 g/mol. The maximum atomic E-state index is 11.3. The molecule has 0 saturated heterocycles. The van der Waals surface area contributed by atoms with Crippen molar-refractivity contribution in [2.45, 2.75) is 24.8 Å². The number of hydrogen-bond acceptors (Lipinski definition) is 3. The fraction of sp³-hybridized carbons (Fsp3) is 0.400. The summed E-state index contributed by atoms with van der Waals surface area (Å²) < 4.78 is 23.0. The van der Waals surface area contributed by atoms with Gasteiger partial charge < -0.3 is 5.32 Å². The van der Waals surface area contributed by atoms with Crippen molar-refractivity contribution in [2.75, 3.05) is 6.54 Å². The molecule has 0 unspecified atom stereocenters. The van der Waals surface area contributed by atoms with Crippen LogP contribution in [-0.4, -0.2) is 15.0 Å². The Balaban J connectivity index is 2.91. The number of sulfonamides is 1. The highest BCUT2D eigenvalue weighted by Gasteiger charge is 2.12. The predicted molar refractivity (Wildman–Crippen MR) is 67.5 cm³/mol. The smallest absolute Gasteiger partial charge is 0.239 e. The van der Waals surface area contributed by atoms with Crippen molar-refractivity contribution in [1.82, 2.24) is 5.32 Å². The molecule has 0 aliphatic heterocycles. The van der Waals surface area contributed by atoms with Gasteiger partial charge in [-0.05, 0) is 46.6 Å². The van der Waals surface area contributed by atoms with Gasteiger partial charge in [-0.1, -0.05) is 13.0 Å². The third-order valence-corrected chi connectivity index (χ3v) is 3.96. The van der Waals surface area contributed by atoms with E-state index >= 15 is 0 Å². The average molecular weight is 307 g/mol. The second kappa shape index (κ2) is 5.77. The van der Waals surface area contributed by atoms with Gasteiger partial charge >= 0.3 is 0 Å². The summed E-state index contributed by atoms with van der Waals surface area (Å²) in [5, 5.41) is 8.30. The van der Waals surface area contributed by atoms with E-state index in [-0.39, 0.29) is 4.90 Å². The van der Waals surface area contributed by atoms with Gasteiger partial charge in [0.25, 0.3) is 0 Å². The molecule has 0 amide bonds. The Morgan fingerprint density at radius 1 is 1.44 bits per heavy atom. The van der Waals surface area contributed by atoms with Crippen LogP contribution in [0.1, 0.15) is 18.9 Å². The van der Waals surface area contributed by atoms with Crippen molar-refractivity contribution >= 4 is 26.0 Å². The molecule has 1 aromatic rings. The highest BCUT2D eigenvalue weighted by atomic mass is 79.9. The van der Waals surface area contributed by atoms with Crippen LogP contribution in [0.2, 0.25) is 0 Å². The van der Waals surface area contributed by atoms with E-state index in [2.05, 4.69) is 28.2 Å². The molecule has 3 N–H and O–H groups in total. The maximum Gasteiger partial charge on any atom is 0.239 e. The summed E-state index contributed by atoms with van der Waals surface area (Å²) in [6.07, 6.45) is 1.04. The molecule has 4 nitrogen and oxygen atoms in total. The van der Waals surface area contributed by atoms with E-state index < -0.39 is 10.0 Å². The molecule has 0 bridgehead atoms. The van der Waals surface area contributed by atoms with Gasteiger partial charge in [-0.25, -0.2) is 13.6 Å². The van der Waals surface area contributed by atoms with E-state index in [9.17, 15) is 8.42 Å². The van der Waals surface area contributed by atoms with Gasteiger partial charge in [0.05, 0.1) is 4.90 Å². The lowest BCUT2D eigenvalue weighted by molar-refractivity contribution is 0.597. The van der Waals surface area contributed by atoms with Gasteiger partial charge in [0.15, 0.2) is 0 Å². The van der Waals surface area contributed by atoms with Crippen LogP contribution in [0.3, 0.4) is 0 Å². The monoisotopic (exact) mass is 306 g/mol. The second-order valence-corrected chi connectivity index (χ2v) is 5.87. The summed E-state index contributed by atoms with van der Waals surface area (Å²) in [7, 11) is -3.66. The number of nitrogens with one attached hydrogen (secondary N) is 1. The van der Waals surface area contributed by atoms with Crippen LogP contribution in [-0.2, 0) is 16.6 Å². The number of halogens is 1. The van der Waals surface area contributed by atoms with Crippen molar-refractivity contribution in [1.29, 1.82) is 0 Å². The minimum absolute atomic E-state index is 0.128. The van der Waals surface area contributed by atoms with Crippen LogP contribution in [0.5, 0.6) is 0 Å². The molecule has 0 aliphatic rings. The third-order valence-electron chi connectivity index (χ3n) is 2.06. The third kappa shape index (κ3) is 3.86. The summed E-state index contributed by atoms with van der Waals surface area (Å²) >= 11 is 3.17. The summed E-state index contributed by atoms with van der Waals surface area (Å²) in [5.41, 5.74) is 0.903. The van der Waals surface area contributed by atoms with Gasteiger partial charge in [0.2, 0.25) is 10.0 Å². The molecule has 1 rings (SSSR count). The molecule has 0 aliphatic carbocycles. The first kappa shape index (κ1) is 13.6. The Morgan fingerprint density at radius 3 is 2.69 bits per heavy atom. The van der Waals surface area contributed by atoms with E-state index in [0.717, 1.165) is 18.5 Å². The SMILES string of the molecule is CCCNCc1ccc(Br)c(S(N)(=O)=O)c1. The molecule has 0 radical (unpaired) electrons. The Labute approximate surface area is 104 Å². The fourth-order valence-corrected chi connectivity index (χ4v) is 2.86. The first-order chi connectivity index (χ1) is 7.45. The van der Waals surface area contributed by atoms with Crippen LogP contribution < -0.4 is 10.5 Å². The molecule has 90 valence electrons. The van der Waals surface area contributed by atoms with Crippen LogP contribution in [0.4, 0.5) is 0 Å². The Kier molecular flexibility index (Phi) is 4.91. The van der Waals surface area contributed by atoms with Crippen molar-refractivity contribution in [3.05, 3.63) is 28.2 Å². The molecule has 0 spiro atoms. The normalized spacial score (nSPS) is 11.7. The van der Waals surface area contributed by atoms with Crippen molar-refractivity contribution in [3.63, 3.8) is 0 Å². The van der Waals surface area contributed by atoms with Crippen LogP contribution in [0.25, 0.3) is 0 Å². The van der Waals surface area contributed by atoms with E-state index in [4.69, 9.17) is 5.14 Å². The molecule has 0 fully saturated rings. The topological polar surface area (TPSA) is 72.2 Å². The van der Waals surface area contributed by atoms with Crippen molar-refractivity contribution < 1.29 is 8.42 Å². The quantitative estimate of drug-likeness (QED) is 0.812.